The van der Waals surface area contributed by atoms with Crippen molar-refractivity contribution >= 4 is 17.9 Å². The lowest BCUT2D eigenvalue weighted by atomic mass is 10.1. The van der Waals surface area contributed by atoms with E-state index in [-0.39, 0.29) is 31.1 Å². The monoisotopic (exact) mass is 1080 g/mol. The van der Waals surface area contributed by atoms with E-state index in [0.29, 0.717) is 19.3 Å². The van der Waals surface area contributed by atoms with E-state index >= 15 is 0 Å². The standard InChI is InChI=1S/C72H118O6/c1-4-7-10-13-16-19-22-25-28-30-32-33-34-35-36-37-38-39-40-42-44-47-50-53-56-59-62-65-71(74)77-68-69(67-76-70(73)64-61-58-55-52-49-46-43-27-24-21-18-15-12-9-6-3)78-72(75)66-63-60-57-54-51-48-45-41-31-29-26-23-20-17-14-11-8-5-2/h7,10,16,18-21,23,25,27-29,31-33,35-36,38-39,42-44,69H,4-6,8-9,11-15,17,22,24,26,30,34,37,40-41,45-68H2,1-3H3/b10-7-,19-16-,21-18-,23-20-,28-25-,31-29-,33-32-,36-35-,39-38-,43-27-,44-42-. The second-order valence-electron chi connectivity index (χ2n) is 20.9. The molecule has 0 saturated carbocycles. The van der Waals surface area contributed by atoms with Crippen molar-refractivity contribution in [3.8, 4) is 0 Å². The van der Waals surface area contributed by atoms with Gasteiger partial charge in [-0.05, 0) is 141 Å². The minimum absolute atomic E-state index is 0.0982. The van der Waals surface area contributed by atoms with Crippen molar-refractivity contribution in [1.29, 1.82) is 0 Å². The third-order valence-corrected chi connectivity index (χ3v) is 13.4. The fourth-order valence-corrected chi connectivity index (χ4v) is 8.54. The largest absolute Gasteiger partial charge is 0.462 e. The number of carbonyl (C=O) groups excluding carboxylic acids is 3. The Labute approximate surface area is 481 Å². The van der Waals surface area contributed by atoms with Crippen molar-refractivity contribution in [3.63, 3.8) is 0 Å². The first-order chi connectivity index (χ1) is 38.5. The zero-order valence-corrected chi connectivity index (χ0v) is 50.6. The lowest BCUT2D eigenvalue weighted by Crippen LogP contribution is -2.30. The van der Waals surface area contributed by atoms with E-state index in [2.05, 4.69) is 154 Å². The van der Waals surface area contributed by atoms with Crippen LogP contribution in [0.25, 0.3) is 0 Å². The predicted molar refractivity (Wildman–Crippen MR) is 339 cm³/mol. The Bertz CT molecular complexity index is 1670. The summed E-state index contributed by atoms with van der Waals surface area (Å²) in [6.45, 7) is 6.46. The summed E-state index contributed by atoms with van der Waals surface area (Å²) in [6, 6.07) is 0. The molecule has 0 aromatic heterocycles. The van der Waals surface area contributed by atoms with Gasteiger partial charge in [-0.15, -0.1) is 0 Å². The molecule has 0 fully saturated rings. The van der Waals surface area contributed by atoms with Crippen molar-refractivity contribution in [2.75, 3.05) is 13.2 Å². The Hall–Kier alpha value is -4.45. The molecule has 0 aliphatic carbocycles. The van der Waals surface area contributed by atoms with Crippen LogP contribution in [0.15, 0.2) is 134 Å². The van der Waals surface area contributed by atoms with Gasteiger partial charge >= 0.3 is 17.9 Å². The smallest absolute Gasteiger partial charge is 0.306 e. The lowest BCUT2D eigenvalue weighted by Gasteiger charge is -2.18. The maximum atomic E-state index is 12.9. The van der Waals surface area contributed by atoms with Crippen molar-refractivity contribution in [3.05, 3.63) is 134 Å². The fraction of sp³-hybridized carbons (Fsp3) is 0.653. The second kappa shape index (κ2) is 65.1. The minimum Gasteiger partial charge on any atom is -0.462 e. The lowest BCUT2D eigenvalue weighted by molar-refractivity contribution is -0.167. The maximum Gasteiger partial charge on any atom is 0.306 e. The Morgan fingerprint density at radius 2 is 0.500 bits per heavy atom. The van der Waals surface area contributed by atoms with Crippen LogP contribution in [0, 0.1) is 0 Å². The molecule has 0 amide bonds. The van der Waals surface area contributed by atoms with Gasteiger partial charge < -0.3 is 14.2 Å². The van der Waals surface area contributed by atoms with Crippen LogP contribution in [0.5, 0.6) is 0 Å². The van der Waals surface area contributed by atoms with Gasteiger partial charge in [-0.2, -0.15) is 0 Å². The van der Waals surface area contributed by atoms with Gasteiger partial charge in [0.15, 0.2) is 6.10 Å². The summed E-state index contributed by atoms with van der Waals surface area (Å²) < 4.78 is 16.9. The van der Waals surface area contributed by atoms with Crippen LogP contribution in [0.1, 0.15) is 284 Å². The van der Waals surface area contributed by atoms with Crippen LogP contribution in [-0.4, -0.2) is 37.2 Å². The fourth-order valence-electron chi connectivity index (χ4n) is 8.54. The van der Waals surface area contributed by atoms with E-state index < -0.39 is 6.10 Å². The molecule has 0 spiro atoms. The molecule has 442 valence electrons. The van der Waals surface area contributed by atoms with Gasteiger partial charge in [0.1, 0.15) is 13.2 Å². The molecule has 0 aliphatic heterocycles. The van der Waals surface area contributed by atoms with E-state index in [9.17, 15) is 14.4 Å². The molecule has 0 rings (SSSR count). The number of esters is 3. The van der Waals surface area contributed by atoms with E-state index in [0.717, 1.165) is 161 Å². The first-order valence-corrected chi connectivity index (χ1v) is 32.2. The summed E-state index contributed by atoms with van der Waals surface area (Å²) >= 11 is 0. The third-order valence-electron chi connectivity index (χ3n) is 13.4. The summed E-state index contributed by atoms with van der Waals surface area (Å²) in [5, 5.41) is 0. The Morgan fingerprint density at radius 3 is 0.808 bits per heavy atom. The first kappa shape index (κ1) is 73.5. The number of hydrogen-bond donors (Lipinski definition) is 0. The van der Waals surface area contributed by atoms with Gasteiger partial charge in [-0.3, -0.25) is 14.4 Å². The minimum atomic E-state index is -0.803. The average Bonchev–Trinajstić information content (AvgIpc) is 3.44. The van der Waals surface area contributed by atoms with Crippen LogP contribution >= 0.6 is 0 Å². The number of rotatable bonds is 57. The molecule has 6 nitrogen and oxygen atoms in total. The quantitative estimate of drug-likeness (QED) is 0.0261. The normalized spacial score (nSPS) is 13.0. The molecular formula is C72H118O6. The van der Waals surface area contributed by atoms with Gasteiger partial charge in [-0.25, -0.2) is 0 Å². The zero-order chi connectivity index (χ0) is 56.4. The molecule has 6 heteroatoms. The van der Waals surface area contributed by atoms with Crippen molar-refractivity contribution < 1.29 is 28.6 Å². The summed E-state index contributed by atoms with van der Waals surface area (Å²) in [6.07, 6.45) is 91.6. The van der Waals surface area contributed by atoms with Gasteiger partial charge in [0.2, 0.25) is 0 Å². The number of hydrogen-bond acceptors (Lipinski definition) is 6. The molecule has 78 heavy (non-hydrogen) atoms. The molecular weight excluding hydrogens is 961 g/mol. The number of carbonyl (C=O) groups is 3. The Kier molecular flexibility index (Phi) is 61.4. The maximum absolute atomic E-state index is 12.9. The van der Waals surface area contributed by atoms with Crippen LogP contribution in [0.3, 0.4) is 0 Å². The van der Waals surface area contributed by atoms with E-state index in [1.165, 1.54) is 83.5 Å². The molecule has 0 aromatic carbocycles. The average molecular weight is 1080 g/mol. The van der Waals surface area contributed by atoms with Crippen LogP contribution in [0.2, 0.25) is 0 Å². The van der Waals surface area contributed by atoms with Crippen LogP contribution in [-0.2, 0) is 28.6 Å². The second-order valence-corrected chi connectivity index (χ2v) is 20.9. The number of allylic oxidation sites excluding steroid dienone is 22. The van der Waals surface area contributed by atoms with Crippen LogP contribution in [0.4, 0.5) is 0 Å². The van der Waals surface area contributed by atoms with E-state index in [1.807, 2.05) is 0 Å². The highest BCUT2D eigenvalue weighted by Crippen LogP contribution is 2.14. The molecule has 0 bridgehead atoms. The number of ether oxygens (including phenoxy) is 3. The van der Waals surface area contributed by atoms with Crippen molar-refractivity contribution in [2.24, 2.45) is 0 Å². The molecule has 0 heterocycles. The van der Waals surface area contributed by atoms with E-state index in [1.54, 1.807) is 0 Å². The summed E-state index contributed by atoms with van der Waals surface area (Å²) in [7, 11) is 0. The molecule has 1 atom stereocenters. The highest BCUT2D eigenvalue weighted by molar-refractivity contribution is 5.71. The highest BCUT2D eigenvalue weighted by Gasteiger charge is 2.19. The van der Waals surface area contributed by atoms with Gasteiger partial charge in [-0.1, -0.05) is 257 Å². The van der Waals surface area contributed by atoms with Crippen molar-refractivity contribution in [1.82, 2.24) is 0 Å². The topological polar surface area (TPSA) is 78.9 Å². The summed E-state index contributed by atoms with van der Waals surface area (Å²) in [5.41, 5.74) is 0. The number of unbranched alkanes of at least 4 members (excludes halogenated alkanes) is 24. The zero-order valence-electron chi connectivity index (χ0n) is 50.6. The first-order valence-electron chi connectivity index (χ1n) is 32.2. The van der Waals surface area contributed by atoms with Gasteiger partial charge in [0, 0.05) is 19.3 Å². The van der Waals surface area contributed by atoms with Gasteiger partial charge in [0.25, 0.3) is 0 Å². The van der Waals surface area contributed by atoms with Crippen molar-refractivity contribution in [2.45, 2.75) is 290 Å². The summed E-state index contributed by atoms with van der Waals surface area (Å²) in [4.78, 5) is 38.3. The summed E-state index contributed by atoms with van der Waals surface area (Å²) in [5.74, 6) is -0.936. The molecule has 0 N–H and O–H groups in total. The Balaban J connectivity index is 4.44. The molecule has 0 aromatic rings. The SMILES string of the molecule is CC/C=C\C/C=C\C/C=C\C/C=C\C/C=C\C/C=C\C/C=C\CCCCCCCC(=O)OCC(COC(=O)CCCCCCC/C=C\C/C=C\CCCCC)OC(=O)CCCCCCCCC/C=C\C/C=C\CCCCCC. The third kappa shape index (κ3) is 62.4. The van der Waals surface area contributed by atoms with Crippen LogP contribution < -0.4 is 0 Å². The highest BCUT2D eigenvalue weighted by atomic mass is 16.6. The molecule has 0 saturated heterocycles. The molecule has 0 radical (unpaired) electrons. The predicted octanol–water partition coefficient (Wildman–Crippen LogP) is 22.2. The van der Waals surface area contributed by atoms with Gasteiger partial charge in [0.05, 0.1) is 0 Å². The molecule has 1 unspecified atom stereocenters. The van der Waals surface area contributed by atoms with E-state index in [4.69, 9.17) is 14.2 Å². The molecule has 0 aliphatic rings. The Morgan fingerprint density at radius 1 is 0.269 bits per heavy atom.